The standard InChI is InChI=1S/C28H36N6O4/c1-27(2,16-35)26(37)33-12-10-17-14-21(38-5)19(13-18(17)15-33)25(36)32-23-8-6-7-20(31-23)24(30)34-22(29)9-11-28(34,3)4/h6-8,13-14,29-30,35H,9-12,15-16H2,1-5H3,(H,31,32,36). The molecule has 4 N–H and O–H groups in total. The number of anilines is 1. The smallest absolute Gasteiger partial charge is 0.260 e. The maximum absolute atomic E-state index is 13.4. The molecule has 0 aliphatic carbocycles. The van der Waals surface area contributed by atoms with E-state index in [4.69, 9.17) is 15.6 Å². The Morgan fingerprint density at radius 1 is 1.21 bits per heavy atom. The number of amides is 2. The highest BCUT2D eigenvalue weighted by Gasteiger charge is 2.38. The van der Waals surface area contributed by atoms with Crippen molar-refractivity contribution in [2.24, 2.45) is 5.41 Å². The molecule has 1 aromatic heterocycles. The van der Waals surface area contributed by atoms with Gasteiger partial charge in [0.1, 0.15) is 23.1 Å². The number of aliphatic hydroxyl groups excluding tert-OH is 1. The summed E-state index contributed by atoms with van der Waals surface area (Å²) in [5, 5.41) is 29.4. The molecule has 0 bridgehead atoms. The lowest BCUT2D eigenvalue weighted by Crippen LogP contribution is -2.45. The Kier molecular flexibility index (Phi) is 7.29. The lowest BCUT2D eigenvalue weighted by atomic mass is 9.90. The van der Waals surface area contributed by atoms with Gasteiger partial charge >= 0.3 is 0 Å². The van der Waals surface area contributed by atoms with E-state index < -0.39 is 11.3 Å². The third-order valence-corrected chi connectivity index (χ3v) is 7.35. The second-order valence-corrected chi connectivity index (χ2v) is 11.1. The monoisotopic (exact) mass is 520 g/mol. The van der Waals surface area contributed by atoms with Gasteiger partial charge in [0.2, 0.25) is 5.91 Å². The van der Waals surface area contributed by atoms with E-state index in [9.17, 15) is 14.7 Å². The minimum Gasteiger partial charge on any atom is -0.496 e. The van der Waals surface area contributed by atoms with Crippen LogP contribution in [-0.4, -0.2) is 69.2 Å². The van der Waals surface area contributed by atoms with Gasteiger partial charge in [0.15, 0.2) is 5.84 Å². The number of aromatic nitrogens is 1. The van der Waals surface area contributed by atoms with E-state index in [1.165, 1.54) is 7.11 Å². The number of hydrogen-bond donors (Lipinski definition) is 4. The molecular weight excluding hydrogens is 484 g/mol. The first-order chi connectivity index (χ1) is 17.9. The molecule has 0 saturated carbocycles. The van der Waals surface area contributed by atoms with Crippen molar-refractivity contribution in [3.63, 3.8) is 0 Å². The fourth-order valence-electron chi connectivity index (χ4n) is 4.99. The first kappa shape index (κ1) is 27.3. The molecule has 0 spiro atoms. The molecule has 3 heterocycles. The molecule has 2 aliphatic heterocycles. The number of rotatable bonds is 6. The number of benzene rings is 1. The first-order valence-electron chi connectivity index (χ1n) is 12.7. The number of nitrogens with zero attached hydrogens (tertiary/aromatic N) is 3. The number of amidine groups is 2. The highest BCUT2D eigenvalue weighted by Crippen LogP contribution is 2.32. The third-order valence-electron chi connectivity index (χ3n) is 7.35. The highest BCUT2D eigenvalue weighted by atomic mass is 16.5. The Labute approximate surface area is 223 Å². The van der Waals surface area contributed by atoms with E-state index >= 15 is 0 Å². The zero-order valence-corrected chi connectivity index (χ0v) is 22.6. The lowest BCUT2D eigenvalue weighted by Gasteiger charge is -2.34. The molecule has 0 atom stereocenters. The van der Waals surface area contributed by atoms with Gasteiger partial charge in [0.25, 0.3) is 5.91 Å². The van der Waals surface area contributed by atoms with Gasteiger partial charge in [0, 0.05) is 25.0 Å². The Morgan fingerprint density at radius 3 is 2.58 bits per heavy atom. The van der Waals surface area contributed by atoms with Gasteiger partial charge in [-0.3, -0.25) is 20.4 Å². The molecule has 10 nitrogen and oxygen atoms in total. The zero-order chi connectivity index (χ0) is 27.8. The number of fused-ring (bicyclic) bond motifs is 1. The topological polar surface area (TPSA) is 143 Å². The molecule has 10 heteroatoms. The molecular formula is C28H36N6O4. The van der Waals surface area contributed by atoms with Crippen LogP contribution in [0.5, 0.6) is 5.75 Å². The summed E-state index contributed by atoms with van der Waals surface area (Å²) in [7, 11) is 1.51. The van der Waals surface area contributed by atoms with Gasteiger partial charge in [0.05, 0.1) is 24.7 Å². The predicted octanol–water partition coefficient (Wildman–Crippen LogP) is 3.42. The summed E-state index contributed by atoms with van der Waals surface area (Å²) in [5.74, 6) is 0.648. The average Bonchev–Trinajstić information content (AvgIpc) is 3.18. The van der Waals surface area contributed by atoms with Crippen molar-refractivity contribution < 1.29 is 19.4 Å². The summed E-state index contributed by atoms with van der Waals surface area (Å²) in [6.45, 7) is 8.04. The summed E-state index contributed by atoms with van der Waals surface area (Å²) in [5.41, 5.74) is 1.30. The van der Waals surface area contributed by atoms with Crippen molar-refractivity contribution in [1.82, 2.24) is 14.8 Å². The molecule has 2 amide bonds. The molecule has 2 aliphatic rings. The van der Waals surface area contributed by atoms with Crippen LogP contribution >= 0.6 is 0 Å². The first-order valence-corrected chi connectivity index (χ1v) is 12.7. The van der Waals surface area contributed by atoms with Crippen LogP contribution in [0.2, 0.25) is 0 Å². The van der Waals surface area contributed by atoms with Gasteiger partial charge in [-0.15, -0.1) is 0 Å². The number of nitrogens with one attached hydrogen (secondary N) is 3. The van der Waals surface area contributed by atoms with Crippen LogP contribution in [0.4, 0.5) is 5.82 Å². The molecule has 202 valence electrons. The van der Waals surface area contributed by atoms with E-state index in [0.717, 1.165) is 17.5 Å². The molecule has 2 aromatic rings. The second kappa shape index (κ2) is 10.2. The van der Waals surface area contributed by atoms with Gasteiger partial charge in [-0.2, -0.15) is 0 Å². The maximum Gasteiger partial charge on any atom is 0.260 e. The lowest BCUT2D eigenvalue weighted by molar-refractivity contribution is -0.143. The quantitative estimate of drug-likeness (QED) is 0.340. The van der Waals surface area contributed by atoms with Crippen molar-refractivity contribution >= 4 is 29.3 Å². The van der Waals surface area contributed by atoms with Crippen LogP contribution in [0.25, 0.3) is 0 Å². The Morgan fingerprint density at radius 2 is 1.95 bits per heavy atom. The number of pyridine rings is 1. The van der Waals surface area contributed by atoms with Crippen LogP contribution in [-0.2, 0) is 17.8 Å². The molecule has 0 unspecified atom stereocenters. The van der Waals surface area contributed by atoms with Gasteiger partial charge < -0.3 is 25.0 Å². The van der Waals surface area contributed by atoms with Gasteiger partial charge in [-0.25, -0.2) is 4.98 Å². The minimum absolute atomic E-state index is 0.121. The molecule has 1 aromatic carbocycles. The van der Waals surface area contributed by atoms with Crippen molar-refractivity contribution in [3.05, 3.63) is 52.7 Å². The van der Waals surface area contributed by atoms with Crippen molar-refractivity contribution in [3.8, 4) is 5.75 Å². The predicted molar refractivity (Wildman–Crippen MR) is 145 cm³/mol. The van der Waals surface area contributed by atoms with Crippen LogP contribution in [0.1, 0.15) is 67.7 Å². The number of carbonyl (C=O) groups is 2. The number of likely N-dealkylation sites (tertiary alicyclic amines) is 1. The Bertz CT molecular complexity index is 1300. The molecule has 38 heavy (non-hydrogen) atoms. The van der Waals surface area contributed by atoms with E-state index in [1.54, 1.807) is 47.9 Å². The summed E-state index contributed by atoms with van der Waals surface area (Å²) in [6.07, 6.45) is 2.00. The van der Waals surface area contributed by atoms with Crippen molar-refractivity contribution in [1.29, 1.82) is 10.8 Å². The number of ether oxygens (including phenoxy) is 1. The summed E-state index contributed by atoms with van der Waals surface area (Å²) in [4.78, 5) is 34.1. The van der Waals surface area contributed by atoms with Crippen molar-refractivity contribution in [2.45, 2.75) is 59.0 Å². The Hall–Kier alpha value is -3.79. The van der Waals surface area contributed by atoms with E-state index in [1.807, 2.05) is 19.9 Å². The average molecular weight is 521 g/mol. The highest BCUT2D eigenvalue weighted by molar-refractivity contribution is 6.09. The molecule has 0 radical (unpaired) electrons. The van der Waals surface area contributed by atoms with Crippen molar-refractivity contribution in [2.75, 3.05) is 25.6 Å². The number of hydrogen-bond acceptors (Lipinski definition) is 7. The largest absolute Gasteiger partial charge is 0.496 e. The van der Waals surface area contributed by atoms with Crippen LogP contribution < -0.4 is 10.1 Å². The van der Waals surface area contributed by atoms with E-state index in [2.05, 4.69) is 10.3 Å². The number of carbonyl (C=O) groups excluding carboxylic acids is 2. The maximum atomic E-state index is 13.4. The number of aliphatic hydroxyl groups is 1. The normalized spacial score (nSPS) is 16.7. The molecule has 4 rings (SSSR count). The number of methoxy groups -OCH3 is 1. The van der Waals surface area contributed by atoms with E-state index in [-0.39, 0.29) is 29.7 Å². The fraction of sp³-hybridized carbons (Fsp3) is 0.464. The zero-order valence-electron chi connectivity index (χ0n) is 22.6. The van der Waals surface area contributed by atoms with E-state index in [0.29, 0.717) is 48.8 Å². The third kappa shape index (κ3) is 5.13. The molecule has 1 fully saturated rings. The SMILES string of the molecule is COc1cc2c(cc1C(=O)Nc1cccc(C(=N)N3C(=N)CCC3(C)C)n1)CN(C(=O)C(C)(C)CO)CC2. The van der Waals surface area contributed by atoms with Gasteiger partial charge in [-0.05, 0) is 75.9 Å². The minimum atomic E-state index is -0.878. The van der Waals surface area contributed by atoms with Crippen LogP contribution in [0.15, 0.2) is 30.3 Å². The summed E-state index contributed by atoms with van der Waals surface area (Å²) < 4.78 is 5.52. The second-order valence-electron chi connectivity index (χ2n) is 11.1. The fourth-order valence-corrected chi connectivity index (χ4v) is 4.99. The van der Waals surface area contributed by atoms with Crippen LogP contribution in [0.3, 0.4) is 0 Å². The molecule has 1 saturated heterocycles. The van der Waals surface area contributed by atoms with Gasteiger partial charge in [-0.1, -0.05) is 6.07 Å². The van der Waals surface area contributed by atoms with Crippen LogP contribution in [0, 0.1) is 16.2 Å². The Balaban J connectivity index is 1.57. The summed E-state index contributed by atoms with van der Waals surface area (Å²) >= 11 is 0. The summed E-state index contributed by atoms with van der Waals surface area (Å²) in [6, 6.07) is 8.64.